The Bertz CT molecular complexity index is 662. The Labute approximate surface area is 114 Å². The fourth-order valence-corrected chi connectivity index (χ4v) is 2.23. The first-order valence-corrected chi connectivity index (χ1v) is 5.95. The van der Waals surface area contributed by atoms with E-state index in [0.29, 0.717) is 18.2 Å². The van der Waals surface area contributed by atoms with E-state index in [2.05, 4.69) is 10.1 Å². The first kappa shape index (κ1) is 12.0. The molecule has 3 rings (SSSR count). The fourth-order valence-electron chi connectivity index (χ4n) is 1.97. The number of fused-ring (bicyclic) bond motifs is 1. The summed E-state index contributed by atoms with van der Waals surface area (Å²) in [6, 6.07) is 5.53. The Balaban J connectivity index is 1.96. The maximum atomic E-state index is 8.70. The summed E-state index contributed by atoms with van der Waals surface area (Å²) in [4.78, 5) is 3.86. The molecule has 0 spiro atoms. The summed E-state index contributed by atoms with van der Waals surface area (Å²) in [5.74, 6) is 0.907. The Morgan fingerprint density at radius 1 is 1.47 bits per heavy atom. The van der Waals surface area contributed by atoms with Crippen LogP contribution in [-0.4, -0.2) is 21.6 Å². The summed E-state index contributed by atoms with van der Waals surface area (Å²) in [6.07, 6.45) is 1.51. The lowest BCUT2D eigenvalue weighted by Crippen LogP contribution is -2.14. The van der Waals surface area contributed by atoms with Gasteiger partial charge in [0.2, 0.25) is 0 Å². The normalized spacial score (nSPS) is 13.5. The molecule has 0 N–H and O–H groups in total. The van der Waals surface area contributed by atoms with E-state index in [-0.39, 0.29) is 12.6 Å². The molecular formula is C12H9ClN4O2. The lowest BCUT2D eigenvalue weighted by Gasteiger charge is -2.21. The zero-order valence-corrected chi connectivity index (χ0v) is 10.6. The van der Waals surface area contributed by atoms with Gasteiger partial charge in [-0.2, -0.15) is 5.26 Å². The lowest BCUT2D eigenvalue weighted by atomic mass is 10.1. The lowest BCUT2D eigenvalue weighted by molar-refractivity contribution is -0.0171. The van der Waals surface area contributed by atoms with Crippen LogP contribution in [0.4, 0.5) is 0 Å². The van der Waals surface area contributed by atoms with Gasteiger partial charge in [0.15, 0.2) is 6.79 Å². The molecule has 0 atom stereocenters. The van der Waals surface area contributed by atoms with Crippen LogP contribution in [0.25, 0.3) is 0 Å². The molecule has 1 aliphatic heterocycles. The Morgan fingerprint density at radius 2 is 2.37 bits per heavy atom. The Kier molecular flexibility index (Phi) is 3.07. The Hall–Kier alpha value is -2.10. The third-order valence-electron chi connectivity index (χ3n) is 2.72. The van der Waals surface area contributed by atoms with Crippen molar-refractivity contribution < 1.29 is 9.47 Å². The summed E-state index contributed by atoms with van der Waals surface area (Å²) in [6.45, 7) is 1.14. The average molecular weight is 277 g/mol. The molecule has 0 amide bonds. The predicted octanol–water partition coefficient (Wildman–Crippen LogP) is 1.72. The molecular weight excluding hydrogens is 268 g/mol. The van der Waals surface area contributed by atoms with E-state index >= 15 is 0 Å². The molecule has 6 nitrogen and oxygen atoms in total. The van der Waals surface area contributed by atoms with Crippen molar-refractivity contribution in [1.82, 2.24) is 14.8 Å². The van der Waals surface area contributed by atoms with Crippen molar-refractivity contribution in [2.24, 2.45) is 0 Å². The molecule has 0 aliphatic carbocycles. The van der Waals surface area contributed by atoms with Crippen LogP contribution in [0.15, 0.2) is 18.5 Å². The molecule has 0 saturated carbocycles. The summed E-state index contributed by atoms with van der Waals surface area (Å²) in [5, 5.41) is 13.3. The quantitative estimate of drug-likeness (QED) is 0.835. The second kappa shape index (κ2) is 4.88. The first-order valence-electron chi connectivity index (χ1n) is 5.57. The molecule has 19 heavy (non-hydrogen) atoms. The van der Waals surface area contributed by atoms with E-state index in [1.54, 1.807) is 4.68 Å². The van der Waals surface area contributed by atoms with Crippen LogP contribution < -0.4 is 4.74 Å². The van der Waals surface area contributed by atoms with Gasteiger partial charge in [-0.25, -0.2) is 9.67 Å². The molecule has 96 valence electrons. The maximum absolute atomic E-state index is 8.70. The van der Waals surface area contributed by atoms with Crippen LogP contribution >= 0.6 is 11.6 Å². The molecule has 1 aromatic heterocycles. The zero-order valence-electron chi connectivity index (χ0n) is 9.84. The fraction of sp³-hybridized carbons (Fsp3) is 0.250. The molecule has 1 aliphatic rings. The highest BCUT2D eigenvalue weighted by Crippen LogP contribution is 2.31. The number of benzene rings is 1. The van der Waals surface area contributed by atoms with Crippen LogP contribution in [0, 0.1) is 11.3 Å². The minimum absolute atomic E-state index is 0.139. The van der Waals surface area contributed by atoms with Gasteiger partial charge >= 0.3 is 0 Å². The average Bonchev–Trinajstić information content (AvgIpc) is 2.86. The highest BCUT2D eigenvalue weighted by molar-refractivity contribution is 6.30. The number of nitrogens with zero attached hydrogens (tertiary/aromatic N) is 4. The van der Waals surface area contributed by atoms with E-state index in [1.807, 2.05) is 18.2 Å². The van der Waals surface area contributed by atoms with Crippen LogP contribution in [-0.2, 0) is 17.9 Å². The van der Waals surface area contributed by atoms with Crippen molar-refractivity contribution >= 4 is 11.6 Å². The van der Waals surface area contributed by atoms with E-state index in [0.717, 1.165) is 16.9 Å². The van der Waals surface area contributed by atoms with Crippen molar-refractivity contribution in [3.05, 3.63) is 40.4 Å². The second-order valence-electron chi connectivity index (χ2n) is 4.04. The van der Waals surface area contributed by atoms with Gasteiger partial charge in [0.05, 0.1) is 13.2 Å². The van der Waals surface area contributed by atoms with Crippen molar-refractivity contribution in [2.45, 2.75) is 13.2 Å². The van der Waals surface area contributed by atoms with Gasteiger partial charge in [-0.1, -0.05) is 11.6 Å². The molecule has 0 unspecified atom stereocenters. The van der Waals surface area contributed by atoms with E-state index in [9.17, 15) is 0 Å². The Morgan fingerprint density at radius 3 is 3.16 bits per heavy atom. The second-order valence-corrected chi connectivity index (χ2v) is 4.48. The summed E-state index contributed by atoms with van der Waals surface area (Å²) in [7, 11) is 0. The van der Waals surface area contributed by atoms with Crippen LogP contribution in [0.2, 0.25) is 5.02 Å². The largest absolute Gasteiger partial charge is 0.467 e. The monoisotopic (exact) mass is 276 g/mol. The van der Waals surface area contributed by atoms with Crippen LogP contribution in [0.5, 0.6) is 5.75 Å². The third kappa shape index (κ3) is 2.38. The van der Waals surface area contributed by atoms with Gasteiger partial charge in [0, 0.05) is 16.1 Å². The highest BCUT2D eigenvalue weighted by Gasteiger charge is 2.17. The molecule has 7 heteroatoms. The minimum atomic E-state index is 0.139. The summed E-state index contributed by atoms with van der Waals surface area (Å²) < 4.78 is 12.3. The molecule has 2 aromatic rings. The molecule has 2 heterocycles. The number of hydrogen-bond acceptors (Lipinski definition) is 5. The van der Waals surface area contributed by atoms with Crippen molar-refractivity contribution in [1.29, 1.82) is 5.26 Å². The topological polar surface area (TPSA) is 73.0 Å². The van der Waals surface area contributed by atoms with Gasteiger partial charge in [0.25, 0.3) is 5.82 Å². The van der Waals surface area contributed by atoms with Crippen molar-refractivity contribution in [3.63, 3.8) is 0 Å². The standard InChI is InChI=1S/C12H9ClN4O2/c13-10-1-8(4-17-6-15-11(3-14)16-17)12-9(2-10)5-18-7-19-12/h1-2,6H,4-5,7H2. The number of rotatable bonds is 2. The van der Waals surface area contributed by atoms with Gasteiger partial charge in [0.1, 0.15) is 18.1 Å². The van der Waals surface area contributed by atoms with E-state index in [1.165, 1.54) is 6.33 Å². The smallest absolute Gasteiger partial charge is 0.252 e. The first-order chi connectivity index (χ1) is 9.26. The van der Waals surface area contributed by atoms with E-state index in [4.69, 9.17) is 26.3 Å². The number of halogens is 1. The SMILES string of the molecule is N#Cc1ncn(Cc2cc(Cl)cc3c2OCOC3)n1. The molecule has 0 saturated heterocycles. The third-order valence-corrected chi connectivity index (χ3v) is 2.94. The molecule has 0 fully saturated rings. The molecule has 0 bridgehead atoms. The van der Waals surface area contributed by atoms with Gasteiger partial charge in [-0.15, -0.1) is 5.10 Å². The summed E-state index contributed by atoms with van der Waals surface area (Å²) >= 11 is 6.07. The minimum Gasteiger partial charge on any atom is -0.467 e. The maximum Gasteiger partial charge on any atom is 0.252 e. The predicted molar refractivity (Wildman–Crippen MR) is 65.6 cm³/mol. The number of ether oxygens (including phenoxy) is 2. The van der Waals surface area contributed by atoms with Crippen molar-refractivity contribution in [3.8, 4) is 11.8 Å². The highest BCUT2D eigenvalue weighted by atomic mass is 35.5. The van der Waals surface area contributed by atoms with E-state index < -0.39 is 0 Å². The molecule has 0 radical (unpaired) electrons. The summed E-state index contributed by atoms with van der Waals surface area (Å²) in [5.41, 5.74) is 1.80. The van der Waals surface area contributed by atoms with Gasteiger partial charge in [-0.05, 0) is 12.1 Å². The number of hydrogen-bond donors (Lipinski definition) is 0. The number of nitriles is 1. The van der Waals surface area contributed by atoms with Crippen LogP contribution in [0.3, 0.4) is 0 Å². The van der Waals surface area contributed by atoms with Crippen molar-refractivity contribution in [2.75, 3.05) is 6.79 Å². The number of aromatic nitrogens is 3. The zero-order chi connectivity index (χ0) is 13.2. The molecule has 1 aromatic carbocycles. The van der Waals surface area contributed by atoms with Gasteiger partial charge in [-0.3, -0.25) is 0 Å². The van der Waals surface area contributed by atoms with Crippen LogP contribution in [0.1, 0.15) is 17.0 Å². The van der Waals surface area contributed by atoms with Gasteiger partial charge < -0.3 is 9.47 Å².